The number of halogens is 1. The number of ether oxygens (including phenoxy) is 1. The van der Waals surface area contributed by atoms with Gasteiger partial charge in [0.05, 0.1) is 24.1 Å². The lowest BCUT2D eigenvalue weighted by atomic mass is 10.1. The maximum Gasteiger partial charge on any atom is 0.220 e. The fourth-order valence-corrected chi connectivity index (χ4v) is 3.40. The van der Waals surface area contributed by atoms with Gasteiger partial charge in [-0.2, -0.15) is 0 Å². The summed E-state index contributed by atoms with van der Waals surface area (Å²) in [6.07, 6.45) is 4.95. The molecule has 5 nitrogen and oxygen atoms in total. The van der Waals surface area contributed by atoms with Crippen molar-refractivity contribution in [2.24, 2.45) is 0 Å². The first-order valence-corrected chi connectivity index (χ1v) is 10.6. The number of unbranched alkanes of at least 4 members (excludes halogenated alkanes) is 3. The summed E-state index contributed by atoms with van der Waals surface area (Å²) in [6, 6.07) is 15.3. The van der Waals surface area contributed by atoms with Gasteiger partial charge in [0.25, 0.3) is 0 Å². The summed E-state index contributed by atoms with van der Waals surface area (Å²) in [7, 11) is 0. The number of amides is 1. The lowest BCUT2D eigenvalue weighted by Gasteiger charge is -2.11. The second-order valence-corrected chi connectivity index (χ2v) is 7.49. The van der Waals surface area contributed by atoms with Crippen LogP contribution in [0.15, 0.2) is 48.5 Å². The van der Waals surface area contributed by atoms with Crippen molar-refractivity contribution in [3.05, 3.63) is 59.4 Å². The zero-order valence-corrected chi connectivity index (χ0v) is 17.6. The lowest BCUT2D eigenvalue weighted by molar-refractivity contribution is -0.121. The number of benzene rings is 2. The first-order valence-electron chi connectivity index (χ1n) is 10.3. The molecule has 1 heterocycles. The van der Waals surface area contributed by atoms with Gasteiger partial charge in [-0.25, -0.2) is 4.98 Å². The highest BCUT2D eigenvalue weighted by molar-refractivity contribution is 6.30. The van der Waals surface area contributed by atoms with Crippen LogP contribution in [0.5, 0.6) is 5.75 Å². The monoisotopic (exact) mass is 413 g/mol. The van der Waals surface area contributed by atoms with Crippen molar-refractivity contribution in [2.75, 3.05) is 6.61 Å². The van der Waals surface area contributed by atoms with Crippen LogP contribution in [-0.2, 0) is 17.9 Å². The van der Waals surface area contributed by atoms with Crippen LogP contribution in [0, 0.1) is 0 Å². The minimum absolute atomic E-state index is 0.0807. The maximum atomic E-state index is 12.1. The third kappa shape index (κ3) is 6.23. The third-order valence-electron chi connectivity index (χ3n) is 4.83. The molecule has 0 aliphatic carbocycles. The van der Waals surface area contributed by atoms with E-state index in [0.717, 1.165) is 35.4 Å². The lowest BCUT2D eigenvalue weighted by Crippen LogP contribution is -2.25. The highest BCUT2D eigenvalue weighted by Crippen LogP contribution is 2.18. The van der Waals surface area contributed by atoms with Gasteiger partial charge in [0, 0.05) is 11.4 Å². The zero-order chi connectivity index (χ0) is 20.5. The number of hydrogen-bond acceptors (Lipinski definition) is 3. The molecule has 1 amide bonds. The summed E-state index contributed by atoms with van der Waals surface area (Å²) >= 11 is 5.92. The highest BCUT2D eigenvalue weighted by Gasteiger charge is 2.11. The Bertz CT molecular complexity index is 922. The summed E-state index contributed by atoms with van der Waals surface area (Å²) in [4.78, 5) is 16.9. The molecule has 2 aromatic carbocycles. The molecular formula is C23H28ClN3O2. The van der Waals surface area contributed by atoms with Gasteiger partial charge in [-0.1, -0.05) is 49.9 Å². The first kappa shape index (κ1) is 21.2. The van der Waals surface area contributed by atoms with Gasteiger partial charge in [-0.3, -0.25) is 4.79 Å². The van der Waals surface area contributed by atoms with Crippen molar-refractivity contribution in [3.8, 4) is 5.75 Å². The number of carbonyl (C=O) groups is 1. The quantitative estimate of drug-likeness (QED) is 0.431. The van der Waals surface area contributed by atoms with Gasteiger partial charge < -0.3 is 14.6 Å². The molecule has 0 radical (unpaired) electrons. The van der Waals surface area contributed by atoms with Gasteiger partial charge in [0.1, 0.15) is 18.2 Å². The fourth-order valence-electron chi connectivity index (χ4n) is 3.27. The number of nitrogens with zero attached hydrogens (tertiary/aromatic N) is 2. The zero-order valence-electron chi connectivity index (χ0n) is 16.9. The largest absolute Gasteiger partial charge is 0.492 e. The summed E-state index contributed by atoms with van der Waals surface area (Å²) in [5, 5.41) is 3.70. The van der Waals surface area contributed by atoms with E-state index >= 15 is 0 Å². The average molecular weight is 414 g/mol. The van der Waals surface area contributed by atoms with Gasteiger partial charge in [0.2, 0.25) is 5.91 Å². The summed E-state index contributed by atoms with van der Waals surface area (Å²) < 4.78 is 7.96. The van der Waals surface area contributed by atoms with E-state index < -0.39 is 0 Å². The molecule has 0 saturated carbocycles. The molecule has 0 aliphatic heterocycles. The van der Waals surface area contributed by atoms with Gasteiger partial charge >= 0.3 is 0 Å². The topological polar surface area (TPSA) is 56.2 Å². The Hall–Kier alpha value is -2.53. The Morgan fingerprint density at radius 3 is 2.69 bits per heavy atom. The molecule has 0 atom stereocenters. The Morgan fingerprint density at radius 2 is 1.90 bits per heavy atom. The molecule has 0 unspecified atom stereocenters. The van der Waals surface area contributed by atoms with Crippen molar-refractivity contribution in [2.45, 2.75) is 52.1 Å². The van der Waals surface area contributed by atoms with Crippen LogP contribution in [0.3, 0.4) is 0 Å². The molecule has 0 fully saturated rings. The molecular weight excluding hydrogens is 386 g/mol. The minimum atomic E-state index is 0.0807. The van der Waals surface area contributed by atoms with E-state index in [-0.39, 0.29) is 5.91 Å². The van der Waals surface area contributed by atoms with E-state index in [0.29, 0.717) is 31.1 Å². The van der Waals surface area contributed by atoms with E-state index in [1.165, 1.54) is 12.8 Å². The van der Waals surface area contributed by atoms with Crippen LogP contribution >= 0.6 is 11.6 Å². The second-order valence-electron chi connectivity index (χ2n) is 7.06. The predicted octanol–water partition coefficient (Wildman–Crippen LogP) is 5.36. The van der Waals surface area contributed by atoms with Crippen molar-refractivity contribution >= 4 is 28.5 Å². The Labute approximate surface area is 177 Å². The Morgan fingerprint density at radius 1 is 1.10 bits per heavy atom. The minimum Gasteiger partial charge on any atom is -0.492 e. The predicted molar refractivity (Wildman–Crippen MR) is 117 cm³/mol. The number of rotatable bonds is 11. The van der Waals surface area contributed by atoms with Crippen LogP contribution in [0.25, 0.3) is 11.0 Å². The summed E-state index contributed by atoms with van der Waals surface area (Å²) in [5.74, 6) is 1.70. The van der Waals surface area contributed by atoms with Crippen molar-refractivity contribution in [1.29, 1.82) is 0 Å². The molecule has 154 valence electrons. The van der Waals surface area contributed by atoms with E-state index in [2.05, 4.69) is 16.8 Å². The Balaban J connectivity index is 1.61. The normalized spacial score (nSPS) is 11.0. The number of para-hydroxylation sites is 2. The second kappa shape index (κ2) is 10.9. The van der Waals surface area contributed by atoms with Crippen molar-refractivity contribution in [1.82, 2.24) is 14.9 Å². The van der Waals surface area contributed by atoms with E-state index in [1.807, 2.05) is 48.5 Å². The van der Waals surface area contributed by atoms with Crippen molar-refractivity contribution in [3.63, 3.8) is 0 Å². The SMILES string of the molecule is CCCCCCC(=O)NCc1nc2ccccc2n1CCOc1ccc(Cl)cc1. The number of fused-ring (bicyclic) bond motifs is 1. The number of hydrogen-bond donors (Lipinski definition) is 1. The van der Waals surface area contributed by atoms with Gasteiger partial charge in [0.15, 0.2) is 0 Å². The molecule has 1 N–H and O–H groups in total. The van der Waals surface area contributed by atoms with Crippen LogP contribution in [0.4, 0.5) is 0 Å². The van der Waals surface area contributed by atoms with Crippen LogP contribution < -0.4 is 10.1 Å². The number of carbonyl (C=O) groups excluding carboxylic acids is 1. The number of nitrogens with one attached hydrogen (secondary N) is 1. The molecule has 1 aromatic heterocycles. The average Bonchev–Trinajstić information content (AvgIpc) is 3.09. The Kier molecular flexibility index (Phi) is 7.94. The number of imidazole rings is 1. The fraction of sp³-hybridized carbons (Fsp3) is 0.391. The summed E-state index contributed by atoms with van der Waals surface area (Å²) in [6.45, 7) is 3.73. The number of aromatic nitrogens is 2. The standard InChI is InChI=1S/C23H28ClN3O2/c1-2-3-4-5-10-23(28)25-17-22-26-20-8-6-7-9-21(20)27(22)15-16-29-19-13-11-18(24)12-14-19/h6-9,11-14H,2-5,10,15-17H2,1H3,(H,25,28). The van der Waals surface area contributed by atoms with Crippen LogP contribution in [0.1, 0.15) is 44.9 Å². The molecule has 6 heteroatoms. The van der Waals surface area contributed by atoms with E-state index in [4.69, 9.17) is 21.3 Å². The van der Waals surface area contributed by atoms with Crippen molar-refractivity contribution < 1.29 is 9.53 Å². The van der Waals surface area contributed by atoms with Crippen LogP contribution in [-0.4, -0.2) is 22.1 Å². The molecule has 3 rings (SSSR count). The molecule has 3 aromatic rings. The molecule has 0 saturated heterocycles. The highest BCUT2D eigenvalue weighted by atomic mass is 35.5. The van der Waals surface area contributed by atoms with Gasteiger partial charge in [-0.05, 0) is 42.8 Å². The molecule has 29 heavy (non-hydrogen) atoms. The molecule has 0 aliphatic rings. The third-order valence-corrected chi connectivity index (χ3v) is 5.08. The van der Waals surface area contributed by atoms with E-state index in [9.17, 15) is 4.79 Å². The summed E-state index contributed by atoms with van der Waals surface area (Å²) in [5.41, 5.74) is 1.96. The smallest absolute Gasteiger partial charge is 0.220 e. The van der Waals surface area contributed by atoms with Gasteiger partial charge in [-0.15, -0.1) is 0 Å². The van der Waals surface area contributed by atoms with Crippen LogP contribution in [0.2, 0.25) is 5.02 Å². The first-order chi connectivity index (χ1) is 14.2. The maximum absolute atomic E-state index is 12.1. The molecule has 0 bridgehead atoms. The molecule has 0 spiro atoms. The van der Waals surface area contributed by atoms with E-state index in [1.54, 1.807) is 0 Å².